The molecule has 0 bridgehead atoms. The highest BCUT2D eigenvalue weighted by molar-refractivity contribution is 5.33. The van der Waals surface area contributed by atoms with E-state index in [2.05, 4.69) is 17.1 Å². The Morgan fingerprint density at radius 2 is 1.79 bits per heavy atom. The topological polar surface area (TPSA) is 108 Å². The monoisotopic (exact) mass is 348 g/mol. The van der Waals surface area contributed by atoms with Crippen LogP contribution in [0.1, 0.15) is 26.2 Å². The first-order chi connectivity index (χ1) is 11.6. The van der Waals surface area contributed by atoms with Crippen molar-refractivity contribution in [3.05, 3.63) is 0 Å². The summed E-state index contributed by atoms with van der Waals surface area (Å²) in [6.45, 7) is 8.86. The van der Waals surface area contributed by atoms with Crippen molar-refractivity contribution in [1.29, 1.82) is 0 Å². The second-order valence-corrected chi connectivity index (χ2v) is 6.19. The van der Waals surface area contributed by atoms with E-state index in [-0.39, 0.29) is 12.9 Å². The van der Waals surface area contributed by atoms with Gasteiger partial charge in [0.05, 0.1) is 19.8 Å². The maximum Gasteiger partial charge on any atom is 0.290 e. The van der Waals surface area contributed by atoms with Gasteiger partial charge in [-0.05, 0) is 19.8 Å². The third-order valence-corrected chi connectivity index (χ3v) is 4.33. The fourth-order valence-corrected chi connectivity index (χ4v) is 2.98. The molecule has 0 amide bonds. The van der Waals surface area contributed by atoms with E-state index in [9.17, 15) is 0 Å². The lowest BCUT2D eigenvalue weighted by molar-refractivity contribution is -0.123. The van der Waals surface area contributed by atoms with Crippen molar-refractivity contribution in [3.8, 4) is 0 Å². The Hall–Kier alpha value is -1.22. The third kappa shape index (κ3) is 9.82. The summed E-state index contributed by atoms with van der Waals surface area (Å²) in [6.07, 6.45) is 4.00. The summed E-state index contributed by atoms with van der Waals surface area (Å²) in [7, 11) is 1.82. The van der Waals surface area contributed by atoms with E-state index < -0.39 is 0 Å². The van der Waals surface area contributed by atoms with Crippen LogP contribution in [0.3, 0.4) is 0 Å². The van der Waals surface area contributed by atoms with Crippen LogP contribution in [0.25, 0.3) is 0 Å². The van der Waals surface area contributed by atoms with E-state index in [1.165, 1.54) is 19.3 Å². The fourth-order valence-electron chi connectivity index (χ4n) is 2.98. The third-order valence-electron chi connectivity index (χ3n) is 4.33. The van der Waals surface area contributed by atoms with Crippen LogP contribution in [0.15, 0.2) is 0 Å². The Bertz CT molecular complexity index is 314. The van der Waals surface area contributed by atoms with E-state index in [0.29, 0.717) is 11.5 Å². The van der Waals surface area contributed by atoms with Gasteiger partial charge in [-0.3, -0.25) is 14.5 Å². The van der Waals surface area contributed by atoms with Crippen molar-refractivity contribution in [1.82, 2.24) is 10.2 Å². The smallest absolute Gasteiger partial charge is 0.290 e. The number of methoxy groups -OCH3 is 1. The number of ether oxygens (including phenoxy) is 2. The number of carbonyl (C=O) groups is 2. The molecule has 3 N–H and O–H groups in total. The van der Waals surface area contributed by atoms with Crippen LogP contribution in [-0.4, -0.2) is 87.2 Å². The Morgan fingerprint density at radius 3 is 2.21 bits per heavy atom. The summed E-state index contributed by atoms with van der Waals surface area (Å²) in [6, 6.07) is 0.553. The normalized spacial score (nSPS) is 20.2. The predicted octanol–water partition coefficient (Wildman–Crippen LogP) is 0.515. The maximum absolute atomic E-state index is 8.36. The Kier molecular flexibility index (Phi) is 13.4. The molecule has 1 saturated heterocycles. The maximum atomic E-state index is 8.36. The molecule has 2 rings (SSSR count). The zero-order chi connectivity index (χ0) is 18.3. The van der Waals surface area contributed by atoms with Crippen LogP contribution in [-0.2, 0) is 19.1 Å². The van der Waals surface area contributed by atoms with E-state index in [0.717, 1.165) is 46.0 Å². The summed E-state index contributed by atoms with van der Waals surface area (Å²) in [4.78, 5) is 19.2. The Balaban J connectivity index is 0.000000772. The number of rotatable bonds is 7. The average Bonchev–Trinajstić information content (AvgIpc) is 2.52. The molecule has 0 aromatic heterocycles. The second kappa shape index (κ2) is 14.2. The van der Waals surface area contributed by atoms with Gasteiger partial charge < -0.3 is 25.0 Å². The summed E-state index contributed by atoms with van der Waals surface area (Å²) >= 11 is 0. The number of hydrogen-bond acceptors (Lipinski definition) is 6. The van der Waals surface area contributed by atoms with E-state index >= 15 is 0 Å². The van der Waals surface area contributed by atoms with Crippen molar-refractivity contribution >= 4 is 12.9 Å². The van der Waals surface area contributed by atoms with Gasteiger partial charge in [0.1, 0.15) is 0 Å². The van der Waals surface area contributed by atoms with Crippen molar-refractivity contribution in [2.75, 3.05) is 53.1 Å². The second-order valence-electron chi connectivity index (χ2n) is 6.19. The number of nitrogens with one attached hydrogen (secondary N) is 1. The van der Waals surface area contributed by atoms with Crippen molar-refractivity contribution < 1.29 is 29.3 Å². The Morgan fingerprint density at radius 1 is 1.25 bits per heavy atom. The van der Waals surface area contributed by atoms with Gasteiger partial charge in [-0.2, -0.15) is 0 Å². The first-order valence-electron chi connectivity index (χ1n) is 8.25. The molecule has 1 aliphatic heterocycles. The largest absolute Gasteiger partial charge is 0.483 e. The Labute approximate surface area is 144 Å². The minimum absolute atomic E-state index is 0.250. The molecule has 0 aromatic rings. The minimum Gasteiger partial charge on any atom is -0.483 e. The van der Waals surface area contributed by atoms with Crippen LogP contribution >= 0.6 is 0 Å². The number of hydrogen-bond donors (Lipinski definition) is 3. The van der Waals surface area contributed by atoms with Gasteiger partial charge in [-0.15, -0.1) is 0 Å². The summed E-state index contributed by atoms with van der Waals surface area (Å²) < 4.78 is 10.7. The summed E-state index contributed by atoms with van der Waals surface area (Å²) in [5.74, 6) is 0. The first kappa shape index (κ1) is 22.8. The molecule has 0 aromatic carbocycles. The van der Waals surface area contributed by atoms with Crippen LogP contribution in [0, 0.1) is 5.41 Å². The minimum atomic E-state index is -0.250. The zero-order valence-corrected chi connectivity index (χ0v) is 14.8. The van der Waals surface area contributed by atoms with Crippen molar-refractivity contribution in [3.63, 3.8) is 0 Å². The molecular formula is C16H32N2O6. The highest BCUT2D eigenvalue weighted by atomic mass is 16.5. The molecule has 0 spiro atoms. The van der Waals surface area contributed by atoms with E-state index in [1.807, 2.05) is 7.11 Å². The fraction of sp³-hybridized carbons (Fsp3) is 0.875. The van der Waals surface area contributed by atoms with Gasteiger partial charge in [0.25, 0.3) is 12.9 Å². The van der Waals surface area contributed by atoms with Crippen LogP contribution in [0.5, 0.6) is 0 Å². The molecule has 2 aliphatic rings. The number of morpholine rings is 1. The molecular weight excluding hydrogens is 316 g/mol. The lowest BCUT2D eigenvalue weighted by atomic mass is 9.69. The molecule has 1 heterocycles. The van der Waals surface area contributed by atoms with Gasteiger partial charge >= 0.3 is 0 Å². The molecule has 142 valence electrons. The molecule has 24 heavy (non-hydrogen) atoms. The molecule has 0 radical (unpaired) electrons. The van der Waals surface area contributed by atoms with Crippen LogP contribution in [0.4, 0.5) is 0 Å². The summed E-state index contributed by atoms with van der Waals surface area (Å²) in [5, 5.41) is 17.5. The highest BCUT2D eigenvalue weighted by Gasteiger charge is 2.36. The summed E-state index contributed by atoms with van der Waals surface area (Å²) in [5.41, 5.74) is 0.425. The highest BCUT2D eigenvalue weighted by Crippen LogP contribution is 2.40. The van der Waals surface area contributed by atoms with E-state index in [4.69, 9.17) is 29.3 Å². The molecule has 8 heteroatoms. The molecule has 8 nitrogen and oxygen atoms in total. The van der Waals surface area contributed by atoms with Crippen LogP contribution in [0.2, 0.25) is 0 Å². The van der Waals surface area contributed by atoms with Gasteiger partial charge in [0, 0.05) is 44.7 Å². The zero-order valence-electron chi connectivity index (χ0n) is 14.8. The predicted molar refractivity (Wildman–Crippen MR) is 90.3 cm³/mol. The first-order valence-corrected chi connectivity index (χ1v) is 8.25. The van der Waals surface area contributed by atoms with Crippen molar-refractivity contribution in [2.45, 2.75) is 32.2 Å². The number of carboxylic acid groups (broad SMARTS) is 2. The van der Waals surface area contributed by atoms with Gasteiger partial charge in [0.15, 0.2) is 0 Å². The quantitative estimate of drug-likeness (QED) is 0.571. The lowest BCUT2D eigenvalue weighted by Crippen LogP contribution is -2.49. The van der Waals surface area contributed by atoms with Crippen molar-refractivity contribution in [2.24, 2.45) is 5.41 Å². The standard InChI is InChI=1S/C14H28N2O2.2CH2O2/c1-13(10-16-6-8-18-9-7-16)15-11-14(12-17-2)4-3-5-14;2*2-1-3/h13,15H,3-12H2,1-2H3;2*1H,(H,2,3). The molecule has 1 saturated carbocycles. The van der Waals surface area contributed by atoms with Gasteiger partial charge in [-0.1, -0.05) is 6.42 Å². The van der Waals surface area contributed by atoms with Gasteiger partial charge in [-0.25, -0.2) is 0 Å². The average molecular weight is 348 g/mol. The molecule has 1 aliphatic carbocycles. The lowest BCUT2D eigenvalue weighted by Gasteiger charge is -2.42. The van der Waals surface area contributed by atoms with E-state index in [1.54, 1.807) is 0 Å². The van der Waals surface area contributed by atoms with Gasteiger partial charge in [0.2, 0.25) is 0 Å². The number of nitrogens with zero attached hydrogens (tertiary/aromatic N) is 1. The SMILES string of the molecule is COCC1(CNC(C)CN2CCOCC2)CCC1.O=CO.O=CO. The molecule has 2 fully saturated rings. The van der Waals surface area contributed by atoms with Crippen LogP contribution < -0.4 is 5.32 Å². The molecule has 1 unspecified atom stereocenters. The molecule has 1 atom stereocenters.